The first-order valence-electron chi connectivity index (χ1n) is 19.3. The molecule has 3 aromatic heterocycles. The van der Waals surface area contributed by atoms with Gasteiger partial charge in [-0.2, -0.15) is 0 Å². The van der Waals surface area contributed by atoms with Crippen molar-refractivity contribution in [2.45, 2.75) is 0 Å². The lowest BCUT2D eigenvalue weighted by molar-refractivity contribution is 1.18. The monoisotopic (exact) mass is 726 g/mol. The van der Waals surface area contributed by atoms with E-state index in [1.54, 1.807) is 0 Å². The zero-order valence-corrected chi connectivity index (χ0v) is 30.9. The smallest absolute Gasteiger partial charge is 0.160 e. The Hall–Kier alpha value is -7.69. The second-order valence-electron chi connectivity index (χ2n) is 14.4. The summed E-state index contributed by atoms with van der Waals surface area (Å²) in [5.74, 6) is 0.692. The van der Waals surface area contributed by atoms with E-state index >= 15 is 0 Å². The van der Waals surface area contributed by atoms with Crippen LogP contribution in [0.1, 0.15) is 0 Å². The predicted molar refractivity (Wildman–Crippen MR) is 236 cm³/mol. The molecule has 4 heteroatoms. The fourth-order valence-electron chi connectivity index (χ4n) is 8.25. The van der Waals surface area contributed by atoms with Gasteiger partial charge in [-0.15, -0.1) is 0 Å². The quantitative estimate of drug-likeness (QED) is 0.160. The standard InChI is InChI=1S/C53H34N4/c1-4-14-35(15-5-1)36-24-26-38(27-25-36)46-34-47(55-53(54-46)41-17-6-2-7-18-41)39-28-30-40(31-29-39)50-49-44-22-12-13-23-48(44)57(42-19-8-3-9-20-42)52(49)45-33-32-37-16-10-11-21-43(37)51(45)56-50/h1-34H. The molecular formula is C53H34N4. The van der Waals surface area contributed by atoms with Gasteiger partial charge in [-0.25, -0.2) is 15.0 Å². The zero-order chi connectivity index (χ0) is 37.7. The van der Waals surface area contributed by atoms with Crippen molar-refractivity contribution in [3.63, 3.8) is 0 Å². The second-order valence-corrected chi connectivity index (χ2v) is 14.4. The first-order chi connectivity index (χ1) is 28.3. The van der Waals surface area contributed by atoms with Crippen LogP contribution in [0.2, 0.25) is 0 Å². The summed E-state index contributed by atoms with van der Waals surface area (Å²) >= 11 is 0. The molecule has 57 heavy (non-hydrogen) atoms. The molecule has 0 saturated heterocycles. The lowest BCUT2D eigenvalue weighted by atomic mass is 9.98. The Labute approximate surface area is 330 Å². The Bertz CT molecular complexity index is 3240. The van der Waals surface area contributed by atoms with E-state index in [0.717, 1.165) is 77.7 Å². The van der Waals surface area contributed by atoms with Gasteiger partial charge in [0.1, 0.15) is 0 Å². The van der Waals surface area contributed by atoms with Gasteiger partial charge in [0.15, 0.2) is 5.82 Å². The third kappa shape index (κ3) is 5.66. The van der Waals surface area contributed by atoms with Crippen LogP contribution in [0.25, 0.3) is 105 Å². The number of aromatic nitrogens is 4. The van der Waals surface area contributed by atoms with Gasteiger partial charge in [0, 0.05) is 49.5 Å². The number of nitrogens with zero attached hydrogens (tertiary/aromatic N) is 4. The van der Waals surface area contributed by atoms with E-state index < -0.39 is 0 Å². The van der Waals surface area contributed by atoms with Crippen LogP contribution in [-0.4, -0.2) is 19.5 Å². The Morgan fingerprint density at radius 1 is 0.351 bits per heavy atom. The van der Waals surface area contributed by atoms with E-state index in [0.29, 0.717) is 5.82 Å². The minimum Gasteiger partial charge on any atom is -0.308 e. The van der Waals surface area contributed by atoms with Crippen molar-refractivity contribution in [2.24, 2.45) is 0 Å². The number of benzene rings is 8. The normalized spacial score (nSPS) is 11.5. The number of para-hydroxylation sites is 2. The highest BCUT2D eigenvalue weighted by Crippen LogP contribution is 2.43. The summed E-state index contributed by atoms with van der Waals surface area (Å²) in [6, 6.07) is 72.5. The van der Waals surface area contributed by atoms with Crippen LogP contribution in [0.3, 0.4) is 0 Å². The lowest BCUT2D eigenvalue weighted by Crippen LogP contribution is -1.97. The Morgan fingerprint density at radius 2 is 0.877 bits per heavy atom. The third-order valence-corrected chi connectivity index (χ3v) is 11.0. The summed E-state index contributed by atoms with van der Waals surface area (Å²) in [6.07, 6.45) is 0. The van der Waals surface area contributed by atoms with Crippen LogP contribution >= 0.6 is 0 Å². The molecule has 0 atom stereocenters. The second kappa shape index (κ2) is 13.6. The van der Waals surface area contributed by atoms with Crippen LogP contribution < -0.4 is 0 Å². The summed E-state index contributed by atoms with van der Waals surface area (Å²) in [5, 5.41) is 5.74. The van der Waals surface area contributed by atoms with Crippen LogP contribution in [-0.2, 0) is 0 Å². The Morgan fingerprint density at radius 3 is 1.56 bits per heavy atom. The van der Waals surface area contributed by atoms with Gasteiger partial charge in [-0.1, -0.05) is 182 Å². The summed E-state index contributed by atoms with van der Waals surface area (Å²) in [5.41, 5.74) is 13.5. The average molecular weight is 727 g/mol. The maximum Gasteiger partial charge on any atom is 0.160 e. The number of hydrogen-bond donors (Lipinski definition) is 0. The Balaban J connectivity index is 1.09. The molecule has 0 aliphatic heterocycles. The molecule has 11 rings (SSSR count). The average Bonchev–Trinajstić information content (AvgIpc) is 3.65. The number of fused-ring (bicyclic) bond motifs is 7. The molecule has 0 N–H and O–H groups in total. The number of pyridine rings is 1. The van der Waals surface area contributed by atoms with Crippen molar-refractivity contribution < 1.29 is 0 Å². The molecular weight excluding hydrogens is 693 g/mol. The molecule has 4 nitrogen and oxygen atoms in total. The van der Waals surface area contributed by atoms with Crippen LogP contribution in [0, 0.1) is 0 Å². The van der Waals surface area contributed by atoms with E-state index in [2.05, 4.69) is 187 Å². The molecule has 0 aliphatic carbocycles. The van der Waals surface area contributed by atoms with Crippen molar-refractivity contribution in [3.8, 4) is 62.0 Å². The molecule has 0 spiro atoms. The molecule has 11 aromatic rings. The predicted octanol–water partition coefficient (Wildman–Crippen LogP) is 13.6. The minimum atomic E-state index is 0.692. The topological polar surface area (TPSA) is 43.6 Å². The Kier molecular flexibility index (Phi) is 7.78. The van der Waals surface area contributed by atoms with Gasteiger partial charge in [0.25, 0.3) is 0 Å². The van der Waals surface area contributed by atoms with Crippen molar-refractivity contribution in [1.82, 2.24) is 19.5 Å². The van der Waals surface area contributed by atoms with E-state index in [9.17, 15) is 0 Å². The summed E-state index contributed by atoms with van der Waals surface area (Å²) < 4.78 is 2.40. The van der Waals surface area contributed by atoms with Crippen molar-refractivity contribution in [3.05, 3.63) is 206 Å². The molecule has 0 saturated carbocycles. The molecule has 3 heterocycles. The molecule has 0 amide bonds. The zero-order valence-electron chi connectivity index (χ0n) is 30.9. The van der Waals surface area contributed by atoms with Crippen LogP contribution in [0.15, 0.2) is 206 Å². The molecule has 266 valence electrons. The third-order valence-electron chi connectivity index (χ3n) is 11.0. The highest BCUT2D eigenvalue weighted by Gasteiger charge is 2.22. The summed E-state index contributed by atoms with van der Waals surface area (Å²) in [4.78, 5) is 15.8. The van der Waals surface area contributed by atoms with E-state index in [-0.39, 0.29) is 0 Å². The lowest BCUT2D eigenvalue weighted by Gasteiger charge is -2.14. The van der Waals surface area contributed by atoms with E-state index in [1.807, 2.05) is 24.3 Å². The molecule has 0 aliphatic rings. The van der Waals surface area contributed by atoms with E-state index in [4.69, 9.17) is 15.0 Å². The van der Waals surface area contributed by atoms with Gasteiger partial charge in [0.2, 0.25) is 0 Å². The maximum atomic E-state index is 5.56. The molecule has 0 unspecified atom stereocenters. The highest BCUT2D eigenvalue weighted by molar-refractivity contribution is 6.25. The molecule has 8 aromatic carbocycles. The first-order valence-corrected chi connectivity index (χ1v) is 19.3. The minimum absolute atomic E-state index is 0.692. The van der Waals surface area contributed by atoms with Gasteiger partial charge >= 0.3 is 0 Å². The molecule has 0 radical (unpaired) electrons. The fraction of sp³-hybridized carbons (Fsp3) is 0. The van der Waals surface area contributed by atoms with Crippen LogP contribution in [0.4, 0.5) is 0 Å². The van der Waals surface area contributed by atoms with Crippen molar-refractivity contribution in [2.75, 3.05) is 0 Å². The van der Waals surface area contributed by atoms with Gasteiger partial charge in [-0.3, -0.25) is 0 Å². The van der Waals surface area contributed by atoms with Crippen LogP contribution in [0.5, 0.6) is 0 Å². The van der Waals surface area contributed by atoms with E-state index in [1.165, 1.54) is 21.9 Å². The highest BCUT2D eigenvalue weighted by atomic mass is 15.0. The first kappa shape index (κ1) is 32.7. The fourth-order valence-corrected chi connectivity index (χ4v) is 8.25. The number of rotatable bonds is 6. The number of hydrogen-bond acceptors (Lipinski definition) is 3. The van der Waals surface area contributed by atoms with Crippen molar-refractivity contribution >= 4 is 43.5 Å². The van der Waals surface area contributed by atoms with Gasteiger partial charge in [-0.05, 0) is 40.8 Å². The SMILES string of the molecule is c1ccc(-c2ccc(-c3cc(-c4ccc(-c5nc6c7ccccc7ccc6c6c5c5ccccc5n6-c5ccccc5)cc4)nc(-c4ccccc4)n3)cc2)cc1. The maximum absolute atomic E-state index is 5.56. The van der Waals surface area contributed by atoms with Crippen molar-refractivity contribution in [1.29, 1.82) is 0 Å². The molecule has 0 bridgehead atoms. The van der Waals surface area contributed by atoms with Gasteiger partial charge < -0.3 is 4.57 Å². The molecule has 0 fully saturated rings. The summed E-state index contributed by atoms with van der Waals surface area (Å²) in [6.45, 7) is 0. The summed E-state index contributed by atoms with van der Waals surface area (Å²) in [7, 11) is 0. The van der Waals surface area contributed by atoms with Gasteiger partial charge in [0.05, 0.1) is 33.6 Å². The largest absolute Gasteiger partial charge is 0.308 e.